The van der Waals surface area contributed by atoms with Crippen LogP contribution < -0.4 is 10.2 Å². The number of nitrogens with one attached hydrogen (secondary N) is 1. The molecule has 4 aromatic carbocycles. The highest BCUT2D eigenvalue weighted by Gasteiger charge is 2.35. The normalized spacial score (nSPS) is 17.8. The fourth-order valence-electron chi connectivity index (χ4n) is 4.56. The van der Waals surface area contributed by atoms with Crippen molar-refractivity contribution in [3.05, 3.63) is 138 Å². The number of hydrogen-bond acceptors (Lipinski definition) is 2. The summed E-state index contributed by atoms with van der Waals surface area (Å²) in [6.07, 6.45) is 4.91. The van der Waals surface area contributed by atoms with E-state index in [-0.39, 0.29) is 17.9 Å². The molecule has 1 heterocycles. The molecular formula is C31H28N2O. The van der Waals surface area contributed by atoms with Crippen LogP contribution in [-0.4, -0.2) is 11.9 Å². The number of para-hydroxylation sites is 2. The second kappa shape index (κ2) is 10.2. The quantitative estimate of drug-likeness (QED) is 0.364. The lowest BCUT2D eigenvalue weighted by atomic mass is 9.90. The van der Waals surface area contributed by atoms with E-state index in [9.17, 15) is 4.79 Å². The number of nitrogens with zero attached hydrogens (tertiary/aromatic N) is 1. The van der Waals surface area contributed by atoms with Crippen LogP contribution in [0.4, 0.5) is 11.4 Å². The summed E-state index contributed by atoms with van der Waals surface area (Å²) in [5.74, 6) is -0.119. The van der Waals surface area contributed by atoms with E-state index < -0.39 is 0 Å². The molecule has 3 nitrogen and oxygen atoms in total. The van der Waals surface area contributed by atoms with Crippen LogP contribution >= 0.6 is 0 Å². The monoisotopic (exact) mass is 444 g/mol. The molecule has 168 valence electrons. The number of fused-ring (bicyclic) bond motifs is 1. The van der Waals surface area contributed by atoms with E-state index in [1.54, 1.807) is 0 Å². The van der Waals surface area contributed by atoms with Gasteiger partial charge in [-0.3, -0.25) is 4.79 Å². The number of hydrogen-bond donors (Lipinski definition) is 1. The van der Waals surface area contributed by atoms with Crippen LogP contribution in [0.5, 0.6) is 0 Å². The third-order valence-electron chi connectivity index (χ3n) is 6.31. The molecule has 0 saturated carbocycles. The minimum Gasteiger partial charge on any atom is -0.376 e. The Bertz CT molecular complexity index is 1250. The zero-order chi connectivity index (χ0) is 23.2. The molecule has 2 unspecified atom stereocenters. The largest absolute Gasteiger partial charge is 0.376 e. The number of carbonyl (C=O) groups excluding carboxylic acids is 1. The average Bonchev–Trinajstić information content (AvgIpc) is 3.00. The first-order valence-corrected chi connectivity index (χ1v) is 11.8. The van der Waals surface area contributed by atoms with Crippen LogP contribution in [0.3, 0.4) is 0 Å². The first-order chi connectivity index (χ1) is 16.8. The molecule has 0 fully saturated rings. The van der Waals surface area contributed by atoms with Crippen molar-refractivity contribution in [2.24, 2.45) is 5.92 Å². The lowest BCUT2D eigenvalue weighted by Gasteiger charge is -2.27. The summed E-state index contributed by atoms with van der Waals surface area (Å²) in [5.41, 5.74) is 5.29. The number of anilines is 2. The minimum absolute atomic E-state index is 0.132. The highest BCUT2D eigenvalue weighted by atomic mass is 16.2. The summed E-state index contributed by atoms with van der Waals surface area (Å²) in [4.78, 5) is 16.1. The van der Waals surface area contributed by atoms with Crippen molar-refractivity contribution in [1.29, 1.82) is 0 Å². The molecule has 0 radical (unpaired) electrons. The maximum Gasteiger partial charge on any atom is 0.233 e. The fourth-order valence-corrected chi connectivity index (χ4v) is 4.56. The van der Waals surface area contributed by atoms with Gasteiger partial charge >= 0.3 is 0 Å². The van der Waals surface area contributed by atoms with Crippen molar-refractivity contribution in [2.45, 2.75) is 19.0 Å². The van der Waals surface area contributed by atoms with E-state index in [0.29, 0.717) is 13.0 Å². The van der Waals surface area contributed by atoms with Gasteiger partial charge in [0.2, 0.25) is 5.91 Å². The van der Waals surface area contributed by atoms with Crippen molar-refractivity contribution in [3.8, 4) is 0 Å². The molecule has 3 heteroatoms. The zero-order valence-electron chi connectivity index (χ0n) is 19.0. The van der Waals surface area contributed by atoms with Crippen LogP contribution in [-0.2, 0) is 17.8 Å². The Morgan fingerprint density at radius 3 is 2.00 bits per heavy atom. The summed E-state index contributed by atoms with van der Waals surface area (Å²) in [6.45, 7) is 0.540. The Kier molecular flexibility index (Phi) is 6.53. The third-order valence-corrected chi connectivity index (χ3v) is 6.31. The van der Waals surface area contributed by atoms with Gasteiger partial charge in [-0.05, 0) is 35.2 Å². The Labute approximate surface area is 201 Å². The van der Waals surface area contributed by atoms with Crippen molar-refractivity contribution in [1.82, 2.24) is 0 Å². The van der Waals surface area contributed by atoms with Crippen LogP contribution in [0.15, 0.2) is 121 Å². The van der Waals surface area contributed by atoms with E-state index >= 15 is 0 Å². The van der Waals surface area contributed by atoms with Gasteiger partial charge in [-0.15, -0.1) is 0 Å². The van der Waals surface area contributed by atoms with E-state index in [0.717, 1.165) is 28.1 Å². The van der Waals surface area contributed by atoms with Gasteiger partial charge in [0.1, 0.15) is 0 Å². The molecule has 0 aromatic heterocycles. The van der Waals surface area contributed by atoms with E-state index in [2.05, 4.69) is 59.9 Å². The van der Waals surface area contributed by atoms with Crippen LogP contribution in [0, 0.1) is 5.92 Å². The Balaban J connectivity index is 1.55. The highest BCUT2D eigenvalue weighted by molar-refractivity contribution is 6.00. The Hall–Kier alpha value is -4.11. The van der Waals surface area contributed by atoms with Gasteiger partial charge in [-0.25, -0.2) is 0 Å². The SMILES string of the molecule is O=C1C(Cc2ccccc2)C(C=Cc2ccccc2)Nc2ccccc2N1Cc1ccccc1. The first kappa shape index (κ1) is 21.7. The summed E-state index contributed by atoms with van der Waals surface area (Å²) < 4.78 is 0. The molecule has 2 atom stereocenters. The van der Waals surface area contributed by atoms with Gasteiger partial charge in [0.15, 0.2) is 0 Å². The van der Waals surface area contributed by atoms with Gasteiger partial charge in [-0.2, -0.15) is 0 Å². The smallest absolute Gasteiger partial charge is 0.233 e. The molecule has 0 bridgehead atoms. The highest BCUT2D eigenvalue weighted by Crippen LogP contribution is 2.35. The average molecular weight is 445 g/mol. The van der Waals surface area contributed by atoms with Crippen molar-refractivity contribution in [3.63, 3.8) is 0 Å². The van der Waals surface area contributed by atoms with Crippen LogP contribution in [0.25, 0.3) is 6.08 Å². The zero-order valence-corrected chi connectivity index (χ0v) is 19.0. The molecule has 5 rings (SSSR count). The second-order valence-corrected chi connectivity index (χ2v) is 8.66. The summed E-state index contributed by atoms with van der Waals surface area (Å²) in [7, 11) is 0. The Morgan fingerprint density at radius 1 is 0.706 bits per heavy atom. The summed E-state index contributed by atoms with van der Waals surface area (Å²) in [5, 5.41) is 3.70. The number of carbonyl (C=O) groups is 1. The molecule has 1 amide bonds. The number of benzene rings is 4. The van der Waals surface area contributed by atoms with Crippen molar-refractivity contribution >= 4 is 23.4 Å². The van der Waals surface area contributed by atoms with Crippen molar-refractivity contribution < 1.29 is 4.79 Å². The second-order valence-electron chi connectivity index (χ2n) is 8.66. The van der Waals surface area contributed by atoms with Gasteiger partial charge in [0, 0.05) is 0 Å². The number of amides is 1. The predicted molar refractivity (Wildman–Crippen MR) is 141 cm³/mol. The molecular weight excluding hydrogens is 416 g/mol. The lowest BCUT2D eigenvalue weighted by Crippen LogP contribution is -2.41. The van der Waals surface area contributed by atoms with Crippen LogP contribution in [0.2, 0.25) is 0 Å². The molecule has 34 heavy (non-hydrogen) atoms. The first-order valence-electron chi connectivity index (χ1n) is 11.8. The topological polar surface area (TPSA) is 32.3 Å². The van der Waals surface area contributed by atoms with Gasteiger partial charge in [0.25, 0.3) is 0 Å². The standard InChI is InChI=1S/C31H28N2O/c34-31-27(22-25-14-6-2-7-15-25)28(21-20-24-12-4-1-5-13-24)32-29-18-10-11-19-30(29)33(31)23-26-16-8-3-9-17-26/h1-21,27-28,32H,22-23H2. The van der Waals surface area contributed by atoms with Gasteiger partial charge in [0.05, 0.1) is 29.9 Å². The molecule has 0 spiro atoms. The van der Waals surface area contributed by atoms with E-state index in [1.165, 1.54) is 0 Å². The fraction of sp³-hybridized carbons (Fsp3) is 0.129. The van der Waals surface area contributed by atoms with Gasteiger partial charge in [-0.1, -0.05) is 115 Å². The molecule has 0 aliphatic carbocycles. The van der Waals surface area contributed by atoms with Gasteiger partial charge < -0.3 is 10.2 Å². The number of rotatable bonds is 6. The van der Waals surface area contributed by atoms with E-state index in [1.807, 2.05) is 77.7 Å². The molecule has 1 aliphatic heterocycles. The molecule has 0 saturated heterocycles. The molecule has 1 aliphatic rings. The third kappa shape index (κ3) is 4.94. The molecule has 4 aromatic rings. The maximum atomic E-state index is 14.2. The molecule has 1 N–H and O–H groups in total. The van der Waals surface area contributed by atoms with Crippen molar-refractivity contribution in [2.75, 3.05) is 10.2 Å². The van der Waals surface area contributed by atoms with Crippen LogP contribution in [0.1, 0.15) is 16.7 Å². The summed E-state index contributed by atoms with van der Waals surface area (Å²) in [6, 6.07) is 38.7. The summed E-state index contributed by atoms with van der Waals surface area (Å²) >= 11 is 0. The van der Waals surface area contributed by atoms with E-state index in [4.69, 9.17) is 0 Å². The lowest BCUT2D eigenvalue weighted by molar-refractivity contribution is -0.122. The minimum atomic E-state index is -0.251. The Morgan fingerprint density at radius 2 is 1.29 bits per heavy atom. The predicted octanol–water partition coefficient (Wildman–Crippen LogP) is 6.59. The maximum absolute atomic E-state index is 14.2.